The van der Waals surface area contributed by atoms with Crippen LogP contribution in [0.1, 0.15) is 43.9 Å². The molecule has 35 heavy (non-hydrogen) atoms. The van der Waals surface area contributed by atoms with E-state index in [1.807, 2.05) is 6.92 Å². The molecule has 2 aromatic rings. The van der Waals surface area contributed by atoms with Crippen LogP contribution in [0, 0.1) is 0 Å². The van der Waals surface area contributed by atoms with E-state index in [2.05, 4.69) is 37.6 Å². The molecule has 0 aromatic carbocycles. The highest BCUT2D eigenvalue weighted by atomic mass is 16.5. The van der Waals surface area contributed by atoms with E-state index < -0.39 is 12.0 Å². The number of nitrogens with zero attached hydrogens (tertiary/aromatic N) is 4. The zero-order valence-corrected chi connectivity index (χ0v) is 21.0. The average Bonchev–Trinajstić information content (AvgIpc) is 2.88. The third-order valence-corrected chi connectivity index (χ3v) is 6.20. The lowest BCUT2D eigenvalue weighted by Gasteiger charge is -2.26. The number of rotatable bonds is 15. The number of hydrogen-bond donors (Lipinski definition) is 3. The molecule has 0 amide bonds. The van der Waals surface area contributed by atoms with Crippen molar-refractivity contribution >= 4 is 17.6 Å². The van der Waals surface area contributed by atoms with Gasteiger partial charge in [0.15, 0.2) is 0 Å². The highest BCUT2D eigenvalue weighted by Gasteiger charge is 2.20. The molecule has 3 rings (SSSR count). The molecule has 0 spiro atoms. The number of nitrogens with one attached hydrogen (secondary N) is 2. The Balaban J connectivity index is 1.50. The van der Waals surface area contributed by atoms with Gasteiger partial charge in [0, 0.05) is 38.6 Å². The quantitative estimate of drug-likeness (QED) is 0.324. The van der Waals surface area contributed by atoms with Crippen molar-refractivity contribution in [3.8, 4) is 6.01 Å². The normalized spacial score (nSPS) is 14.6. The van der Waals surface area contributed by atoms with Gasteiger partial charge in [-0.15, -0.1) is 0 Å². The number of methoxy groups -OCH3 is 2. The molecule has 0 saturated carbocycles. The van der Waals surface area contributed by atoms with E-state index in [-0.39, 0.29) is 12.1 Å². The first-order valence-corrected chi connectivity index (χ1v) is 12.3. The van der Waals surface area contributed by atoms with Crippen molar-refractivity contribution in [3.63, 3.8) is 0 Å². The number of ether oxygens (including phenoxy) is 2. The maximum Gasteiger partial charge on any atom is 0.326 e. The van der Waals surface area contributed by atoms with E-state index in [0.29, 0.717) is 18.8 Å². The smallest absolute Gasteiger partial charge is 0.326 e. The minimum atomic E-state index is -0.922. The average molecular weight is 487 g/mol. The van der Waals surface area contributed by atoms with Gasteiger partial charge in [-0.3, -0.25) is 0 Å². The van der Waals surface area contributed by atoms with Crippen molar-refractivity contribution in [1.82, 2.24) is 19.9 Å². The molecule has 1 aliphatic heterocycles. The van der Waals surface area contributed by atoms with E-state index >= 15 is 0 Å². The Hall–Kier alpha value is -2.98. The Morgan fingerprint density at radius 3 is 2.86 bits per heavy atom. The van der Waals surface area contributed by atoms with Crippen LogP contribution >= 0.6 is 0 Å². The number of carboxylic acids is 1. The standard InChI is InChI=1S/C25H38N6O4/c1-18(34-2)17-31(15-5-4-8-20-10-9-19-7-6-13-26-23(19)28-20)16-12-21(24(32)33)29-22-11-14-27-25(30-22)35-3/h9-11,14,18,21H,4-8,12-13,15-17H2,1-3H3,(H,26,28)(H,32,33)(H,27,29,30)/t18-,21+/m1/s1. The molecule has 192 valence electrons. The lowest BCUT2D eigenvalue weighted by molar-refractivity contribution is -0.138. The van der Waals surface area contributed by atoms with Crippen LogP contribution in [0.2, 0.25) is 0 Å². The number of aliphatic carboxylic acids is 1. The number of carbonyl (C=O) groups is 1. The maximum atomic E-state index is 11.9. The number of carboxylic acid groups (broad SMARTS) is 1. The molecular formula is C25H38N6O4. The number of hydrogen-bond acceptors (Lipinski definition) is 9. The number of unbranched alkanes of at least 4 members (excludes halogenated alkanes) is 1. The number of fused-ring (bicyclic) bond motifs is 1. The summed E-state index contributed by atoms with van der Waals surface area (Å²) in [4.78, 5) is 27.1. The number of anilines is 2. The van der Waals surface area contributed by atoms with Gasteiger partial charge in [-0.05, 0) is 69.7 Å². The van der Waals surface area contributed by atoms with Crippen LogP contribution in [0.4, 0.5) is 11.6 Å². The lowest BCUT2D eigenvalue weighted by Crippen LogP contribution is -2.38. The van der Waals surface area contributed by atoms with Crippen molar-refractivity contribution in [1.29, 1.82) is 0 Å². The molecule has 0 bridgehead atoms. The lowest BCUT2D eigenvalue weighted by atomic mass is 10.1. The van der Waals surface area contributed by atoms with Crippen molar-refractivity contribution in [3.05, 3.63) is 35.7 Å². The van der Waals surface area contributed by atoms with E-state index in [0.717, 1.165) is 63.3 Å². The minimum Gasteiger partial charge on any atom is -0.480 e. The van der Waals surface area contributed by atoms with Crippen LogP contribution in [0.3, 0.4) is 0 Å². The molecule has 3 heterocycles. The van der Waals surface area contributed by atoms with Crippen LogP contribution < -0.4 is 15.4 Å². The van der Waals surface area contributed by atoms with Crippen molar-refractivity contribution in [2.75, 3.05) is 51.0 Å². The van der Waals surface area contributed by atoms with Gasteiger partial charge in [-0.2, -0.15) is 4.98 Å². The summed E-state index contributed by atoms with van der Waals surface area (Å²) in [7, 11) is 3.17. The molecule has 1 aliphatic rings. The van der Waals surface area contributed by atoms with E-state index in [1.54, 1.807) is 13.2 Å². The molecule has 2 atom stereocenters. The van der Waals surface area contributed by atoms with Gasteiger partial charge in [0.25, 0.3) is 0 Å². The zero-order valence-electron chi connectivity index (χ0n) is 21.0. The summed E-state index contributed by atoms with van der Waals surface area (Å²) in [6, 6.07) is 5.39. The topological polar surface area (TPSA) is 122 Å². The predicted octanol–water partition coefficient (Wildman–Crippen LogP) is 2.85. The van der Waals surface area contributed by atoms with Gasteiger partial charge >= 0.3 is 12.0 Å². The summed E-state index contributed by atoms with van der Waals surface area (Å²) in [6.07, 6.45) is 7.22. The monoisotopic (exact) mass is 486 g/mol. The summed E-state index contributed by atoms with van der Waals surface area (Å²) in [5, 5.41) is 16.1. The Morgan fingerprint density at radius 1 is 1.23 bits per heavy atom. The molecular weight excluding hydrogens is 448 g/mol. The third-order valence-electron chi connectivity index (χ3n) is 6.20. The molecule has 0 aliphatic carbocycles. The number of aromatic nitrogens is 3. The Kier molecular flexibility index (Phi) is 10.5. The van der Waals surface area contributed by atoms with E-state index in [9.17, 15) is 9.90 Å². The highest BCUT2D eigenvalue weighted by molar-refractivity contribution is 5.76. The van der Waals surface area contributed by atoms with Gasteiger partial charge < -0.3 is 30.1 Å². The summed E-state index contributed by atoms with van der Waals surface area (Å²) in [6.45, 7) is 5.25. The second-order valence-electron chi connectivity index (χ2n) is 8.90. The molecule has 3 N–H and O–H groups in total. The molecule has 10 heteroatoms. The van der Waals surface area contributed by atoms with Crippen molar-refractivity contribution in [2.45, 2.75) is 57.6 Å². The molecule has 0 saturated heterocycles. The van der Waals surface area contributed by atoms with Gasteiger partial charge in [-0.1, -0.05) is 6.07 Å². The first kappa shape index (κ1) is 26.6. The Morgan fingerprint density at radius 2 is 2.09 bits per heavy atom. The molecule has 0 unspecified atom stereocenters. The fraction of sp³-hybridized carbons (Fsp3) is 0.600. The fourth-order valence-electron chi connectivity index (χ4n) is 4.15. The van der Waals surface area contributed by atoms with Gasteiger partial charge in [0.2, 0.25) is 0 Å². The van der Waals surface area contributed by atoms with Crippen LogP contribution in [0.5, 0.6) is 6.01 Å². The van der Waals surface area contributed by atoms with E-state index in [1.165, 1.54) is 18.9 Å². The summed E-state index contributed by atoms with van der Waals surface area (Å²) in [5.41, 5.74) is 2.42. The minimum absolute atomic E-state index is 0.0609. The molecule has 0 fully saturated rings. The fourth-order valence-corrected chi connectivity index (χ4v) is 4.15. The van der Waals surface area contributed by atoms with E-state index in [4.69, 9.17) is 14.5 Å². The molecule has 0 radical (unpaired) electrons. The Labute approximate surface area is 207 Å². The zero-order chi connectivity index (χ0) is 25.0. The second kappa shape index (κ2) is 13.8. The molecule has 10 nitrogen and oxygen atoms in total. The largest absolute Gasteiger partial charge is 0.480 e. The summed E-state index contributed by atoms with van der Waals surface area (Å²) < 4.78 is 10.5. The first-order valence-electron chi connectivity index (χ1n) is 12.3. The predicted molar refractivity (Wildman–Crippen MR) is 135 cm³/mol. The van der Waals surface area contributed by atoms with Crippen LogP contribution in [-0.2, 0) is 22.4 Å². The van der Waals surface area contributed by atoms with Crippen LogP contribution in [0.25, 0.3) is 0 Å². The van der Waals surface area contributed by atoms with Gasteiger partial charge in [0.1, 0.15) is 17.7 Å². The van der Waals surface area contributed by atoms with Gasteiger partial charge in [-0.25, -0.2) is 14.8 Å². The van der Waals surface area contributed by atoms with Crippen molar-refractivity contribution in [2.24, 2.45) is 0 Å². The Bertz CT molecular complexity index is 944. The number of pyridine rings is 1. The number of aryl methyl sites for hydroxylation is 2. The molecule has 2 aromatic heterocycles. The van der Waals surface area contributed by atoms with Crippen LogP contribution in [0.15, 0.2) is 24.4 Å². The van der Waals surface area contributed by atoms with Gasteiger partial charge in [0.05, 0.1) is 13.2 Å². The third kappa shape index (κ3) is 8.63. The summed E-state index contributed by atoms with van der Waals surface area (Å²) >= 11 is 0. The SMILES string of the molecule is COc1nccc(N[C@@H](CCN(CCCCc2ccc3c(n2)NCCC3)C[C@@H](C)OC)C(=O)O)n1. The van der Waals surface area contributed by atoms with Crippen molar-refractivity contribution < 1.29 is 19.4 Å². The highest BCUT2D eigenvalue weighted by Crippen LogP contribution is 2.20. The first-order chi connectivity index (χ1) is 17.0. The second-order valence-corrected chi connectivity index (χ2v) is 8.90. The summed E-state index contributed by atoms with van der Waals surface area (Å²) in [5.74, 6) is 0.542. The maximum absolute atomic E-state index is 11.9. The van der Waals surface area contributed by atoms with Crippen LogP contribution in [-0.4, -0.2) is 83.5 Å².